The minimum absolute atomic E-state index is 0.163. The molecule has 1 aromatic carbocycles. The molecule has 0 radical (unpaired) electrons. The van der Waals surface area contributed by atoms with Crippen LogP contribution >= 0.6 is 0 Å². The lowest BCUT2D eigenvalue weighted by Gasteiger charge is -2.28. The Labute approximate surface area is 102 Å². The van der Waals surface area contributed by atoms with Gasteiger partial charge in [-0.25, -0.2) is 0 Å². The van der Waals surface area contributed by atoms with Gasteiger partial charge in [0.2, 0.25) is 0 Å². The number of amides is 1. The van der Waals surface area contributed by atoms with Crippen molar-refractivity contribution in [1.82, 2.24) is 4.90 Å². The predicted octanol–water partition coefficient (Wildman–Crippen LogP) is 1.85. The highest BCUT2D eigenvalue weighted by Gasteiger charge is 2.22. The molecule has 3 heteroatoms. The molecular formula is C14H19NO2. The fraction of sp³-hybridized carbons (Fsp3) is 0.500. The summed E-state index contributed by atoms with van der Waals surface area (Å²) >= 11 is 0. The van der Waals surface area contributed by atoms with E-state index in [4.69, 9.17) is 5.11 Å². The summed E-state index contributed by atoms with van der Waals surface area (Å²) in [4.78, 5) is 14.1. The lowest BCUT2D eigenvalue weighted by molar-refractivity contribution is 0.0736. The van der Waals surface area contributed by atoms with Crippen LogP contribution in [0.25, 0.3) is 0 Å². The van der Waals surface area contributed by atoms with Crippen molar-refractivity contribution in [3.8, 4) is 0 Å². The Morgan fingerprint density at radius 1 is 1.18 bits per heavy atom. The summed E-state index contributed by atoms with van der Waals surface area (Å²) in [6, 6.07) is 7.86. The number of benzene rings is 1. The second-order valence-electron chi connectivity index (χ2n) is 4.48. The van der Waals surface area contributed by atoms with Gasteiger partial charge in [0.1, 0.15) is 0 Å². The van der Waals surface area contributed by atoms with Crippen LogP contribution in [0.5, 0.6) is 0 Å². The SMILES string of the molecule is O=C1c2ccccc2CCN1CCCCCO. The monoisotopic (exact) mass is 233 g/mol. The average Bonchev–Trinajstić information content (AvgIpc) is 2.37. The second-order valence-corrected chi connectivity index (χ2v) is 4.48. The zero-order valence-electron chi connectivity index (χ0n) is 10.1. The zero-order valence-corrected chi connectivity index (χ0v) is 10.1. The molecule has 0 fully saturated rings. The molecule has 0 spiro atoms. The number of rotatable bonds is 5. The summed E-state index contributed by atoms with van der Waals surface area (Å²) in [6.07, 6.45) is 3.76. The minimum Gasteiger partial charge on any atom is -0.396 e. The smallest absolute Gasteiger partial charge is 0.254 e. The first-order valence-electron chi connectivity index (χ1n) is 6.31. The van der Waals surface area contributed by atoms with Gasteiger partial charge in [-0.15, -0.1) is 0 Å². The summed E-state index contributed by atoms with van der Waals surface area (Å²) < 4.78 is 0. The molecule has 1 N–H and O–H groups in total. The van der Waals surface area contributed by atoms with Crippen molar-refractivity contribution < 1.29 is 9.90 Å². The molecule has 3 nitrogen and oxygen atoms in total. The third kappa shape index (κ3) is 2.86. The number of nitrogens with zero attached hydrogens (tertiary/aromatic N) is 1. The molecule has 0 aromatic heterocycles. The summed E-state index contributed by atoms with van der Waals surface area (Å²) in [5.74, 6) is 0.163. The van der Waals surface area contributed by atoms with Gasteiger partial charge in [-0.2, -0.15) is 0 Å². The van der Waals surface area contributed by atoms with Gasteiger partial charge in [-0.05, 0) is 37.3 Å². The van der Waals surface area contributed by atoms with Gasteiger partial charge in [-0.3, -0.25) is 4.79 Å². The molecule has 2 rings (SSSR count). The quantitative estimate of drug-likeness (QED) is 0.788. The number of hydrogen-bond donors (Lipinski definition) is 1. The van der Waals surface area contributed by atoms with E-state index in [9.17, 15) is 4.79 Å². The molecule has 0 bridgehead atoms. The van der Waals surface area contributed by atoms with Crippen LogP contribution in [0.4, 0.5) is 0 Å². The van der Waals surface area contributed by atoms with Gasteiger partial charge >= 0.3 is 0 Å². The molecule has 1 aliphatic rings. The molecule has 1 aromatic rings. The normalized spacial score (nSPS) is 14.9. The lowest BCUT2D eigenvalue weighted by atomic mass is 9.99. The maximum Gasteiger partial charge on any atom is 0.254 e. The molecule has 0 unspecified atom stereocenters. The molecular weight excluding hydrogens is 214 g/mol. The first-order chi connectivity index (χ1) is 8.33. The number of fused-ring (bicyclic) bond motifs is 1. The Hall–Kier alpha value is -1.35. The van der Waals surface area contributed by atoms with Crippen molar-refractivity contribution >= 4 is 5.91 Å². The third-order valence-corrected chi connectivity index (χ3v) is 3.27. The average molecular weight is 233 g/mol. The van der Waals surface area contributed by atoms with Crippen LogP contribution in [0.1, 0.15) is 35.2 Å². The minimum atomic E-state index is 0.163. The highest BCUT2D eigenvalue weighted by molar-refractivity contribution is 5.96. The number of aliphatic hydroxyl groups excluding tert-OH is 1. The van der Waals surface area contributed by atoms with Gasteiger partial charge in [-0.1, -0.05) is 18.2 Å². The van der Waals surface area contributed by atoms with E-state index in [1.807, 2.05) is 29.2 Å². The van der Waals surface area contributed by atoms with Crippen LogP contribution in [0.15, 0.2) is 24.3 Å². The van der Waals surface area contributed by atoms with E-state index in [0.29, 0.717) is 0 Å². The number of carbonyl (C=O) groups is 1. The number of unbranched alkanes of at least 4 members (excludes halogenated alkanes) is 2. The molecule has 0 saturated heterocycles. The fourth-order valence-electron chi connectivity index (χ4n) is 2.28. The van der Waals surface area contributed by atoms with Crippen molar-refractivity contribution in [1.29, 1.82) is 0 Å². The van der Waals surface area contributed by atoms with E-state index in [1.165, 1.54) is 5.56 Å². The Balaban J connectivity index is 1.93. The lowest BCUT2D eigenvalue weighted by Crippen LogP contribution is -2.38. The van der Waals surface area contributed by atoms with Gasteiger partial charge in [0.25, 0.3) is 5.91 Å². The van der Waals surface area contributed by atoms with Crippen molar-refractivity contribution in [2.24, 2.45) is 0 Å². The third-order valence-electron chi connectivity index (χ3n) is 3.27. The van der Waals surface area contributed by atoms with E-state index in [1.54, 1.807) is 0 Å². The Morgan fingerprint density at radius 3 is 2.82 bits per heavy atom. The first kappa shape index (κ1) is 12.1. The van der Waals surface area contributed by atoms with Crippen LogP contribution in [-0.4, -0.2) is 35.6 Å². The molecule has 0 atom stereocenters. The Kier molecular flexibility index (Phi) is 4.15. The largest absolute Gasteiger partial charge is 0.396 e. The number of aliphatic hydroxyl groups is 1. The van der Waals surface area contributed by atoms with Gasteiger partial charge < -0.3 is 10.0 Å². The van der Waals surface area contributed by atoms with Crippen molar-refractivity contribution in [2.75, 3.05) is 19.7 Å². The van der Waals surface area contributed by atoms with E-state index < -0.39 is 0 Å². The first-order valence-corrected chi connectivity index (χ1v) is 6.31. The van der Waals surface area contributed by atoms with Gasteiger partial charge in [0.05, 0.1) is 0 Å². The van der Waals surface area contributed by atoms with Gasteiger partial charge in [0.15, 0.2) is 0 Å². The van der Waals surface area contributed by atoms with Crippen molar-refractivity contribution in [3.63, 3.8) is 0 Å². The van der Waals surface area contributed by atoms with Gasteiger partial charge in [0, 0.05) is 25.3 Å². The molecule has 17 heavy (non-hydrogen) atoms. The molecule has 1 heterocycles. The maximum atomic E-state index is 12.2. The predicted molar refractivity (Wildman–Crippen MR) is 67.0 cm³/mol. The Bertz CT molecular complexity index is 390. The highest BCUT2D eigenvalue weighted by atomic mass is 16.2. The van der Waals surface area contributed by atoms with Crippen LogP contribution in [0.2, 0.25) is 0 Å². The van der Waals surface area contributed by atoms with Crippen LogP contribution in [-0.2, 0) is 6.42 Å². The van der Waals surface area contributed by atoms with E-state index in [0.717, 1.165) is 44.3 Å². The van der Waals surface area contributed by atoms with Crippen molar-refractivity contribution in [2.45, 2.75) is 25.7 Å². The van der Waals surface area contributed by atoms with Crippen molar-refractivity contribution in [3.05, 3.63) is 35.4 Å². The van der Waals surface area contributed by atoms with E-state index >= 15 is 0 Å². The summed E-state index contributed by atoms with van der Waals surface area (Å²) in [6.45, 7) is 1.89. The maximum absolute atomic E-state index is 12.2. The topological polar surface area (TPSA) is 40.5 Å². The highest BCUT2D eigenvalue weighted by Crippen LogP contribution is 2.18. The fourth-order valence-corrected chi connectivity index (χ4v) is 2.28. The second kappa shape index (κ2) is 5.82. The number of hydrogen-bond acceptors (Lipinski definition) is 2. The molecule has 92 valence electrons. The molecule has 1 amide bonds. The van der Waals surface area contributed by atoms with Crippen LogP contribution in [0.3, 0.4) is 0 Å². The summed E-state index contributed by atoms with van der Waals surface area (Å²) in [5.41, 5.74) is 2.03. The van der Waals surface area contributed by atoms with E-state index in [-0.39, 0.29) is 12.5 Å². The zero-order chi connectivity index (χ0) is 12.1. The van der Waals surface area contributed by atoms with Crippen LogP contribution in [0, 0.1) is 0 Å². The molecule has 1 aliphatic heterocycles. The van der Waals surface area contributed by atoms with E-state index in [2.05, 4.69) is 0 Å². The number of carbonyl (C=O) groups excluding carboxylic acids is 1. The summed E-state index contributed by atoms with van der Waals surface area (Å²) in [5, 5.41) is 8.70. The Morgan fingerprint density at radius 2 is 2.00 bits per heavy atom. The molecule has 0 saturated carbocycles. The standard InChI is InChI=1S/C14H19NO2/c16-11-5-1-4-9-15-10-8-12-6-2-3-7-13(12)14(15)17/h2-3,6-7,16H,1,4-5,8-11H2. The van der Waals surface area contributed by atoms with Crippen LogP contribution < -0.4 is 0 Å². The molecule has 0 aliphatic carbocycles. The summed E-state index contributed by atoms with van der Waals surface area (Å²) in [7, 11) is 0.